The molecule has 3 aromatic rings. The predicted octanol–water partition coefficient (Wildman–Crippen LogP) is 5.82. The van der Waals surface area contributed by atoms with Gasteiger partial charge in [-0.15, -0.1) is 11.8 Å². The molecular formula is C30H33ClF2N4O3S. The van der Waals surface area contributed by atoms with Gasteiger partial charge in [-0.3, -0.25) is 9.36 Å². The molecular weight excluding hydrogens is 570 g/mol. The maximum atomic E-state index is 15.3. The Hall–Kier alpha value is -2.95. The average Bonchev–Trinajstić information content (AvgIpc) is 3.12. The molecule has 1 amide bonds. The molecule has 0 spiro atoms. The minimum Gasteiger partial charge on any atom is -0.375 e. The second-order valence-electron chi connectivity index (χ2n) is 10.7. The average molecular weight is 603 g/mol. The van der Waals surface area contributed by atoms with E-state index in [1.165, 1.54) is 23.9 Å². The van der Waals surface area contributed by atoms with Gasteiger partial charge in [-0.1, -0.05) is 25.1 Å². The first kappa shape index (κ1) is 29.5. The van der Waals surface area contributed by atoms with Crippen LogP contribution in [0.4, 0.5) is 14.6 Å². The van der Waals surface area contributed by atoms with Gasteiger partial charge in [0.1, 0.15) is 17.5 Å². The van der Waals surface area contributed by atoms with Crippen LogP contribution in [-0.2, 0) is 16.1 Å². The summed E-state index contributed by atoms with van der Waals surface area (Å²) in [5.41, 5.74) is 1.68. The molecule has 3 heterocycles. The molecule has 218 valence electrons. The van der Waals surface area contributed by atoms with Crippen LogP contribution in [0.3, 0.4) is 0 Å². The summed E-state index contributed by atoms with van der Waals surface area (Å²) in [6.07, 6.45) is 1.89. The van der Waals surface area contributed by atoms with E-state index in [-0.39, 0.29) is 34.7 Å². The number of anilines is 1. The summed E-state index contributed by atoms with van der Waals surface area (Å²) in [5.74, 6) is -0.648. The smallest absolute Gasteiger partial charge is 0.350 e. The number of ether oxygens (including phenoxy) is 1. The lowest BCUT2D eigenvalue weighted by molar-refractivity contribution is -0.130. The summed E-state index contributed by atoms with van der Waals surface area (Å²) < 4.78 is 37.1. The first-order valence-electron chi connectivity index (χ1n) is 13.7. The maximum absolute atomic E-state index is 15.3. The molecule has 11 heteroatoms. The molecule has 7 nitrogen and oxygen atoms in total. The van der Waals surface area contributed by atoms with Crippen molar-refractivity contribution in [2.24, 2.45) is 0 Å². The fourth-order valence-corrected chi connectivity index (χ4v) is 7.47. The van der Waals surface area contributed by atoms with Crippen molar-refractivity contribution in [3.63, 3.8) is 0 Å². The zero-order valence-electron chi connectivity index (χ0n) is 23.5. The fraction of sp³-hybridized carbons (Fsp3) is 0.433. The number of carbonyl (C=O) groups is 1. The van der Waals surface area contributed by atoms with Gasteiger partial charge in [0.2, 0.25) is 5.91 Å². The lowest BCUT2D eigenvalue weighted by atomic mass is 9.97. The molecule has 1 unspecified atom stereocenters. The Kier molecular flexibility index (Phi) is 8.46. The van der Waals surface area contributed by atoms with Crippen molar-refractivity contribution in [2.45, 2.75) is 63.7 Å². The Morgan fingerprint density at radius 1 is 1.20 bits per heavy atom. The topological polar surface area (TPSA) is 67.7 Å². The molecule has 0 aliphatic carbocycles. The molecule has 1 aromatic heterocycles. The summed E-state index contributed by atoms with van der Waals surface area (Å²) in [5, 5.41) is 0.569. The van der Waals surface area contributed by atoms with E-state index >= 15 is 4.39 Å². The zero-order chi connectivity index (χ0) is 29.6. The van der Waals surface area contributed by atoms with Crippen molar-refractivity contribution in [3.8, 4) is 11.1 Å². The monoisotopic (exact) mass is 602 g/mol. The molecule has 0 bridgehead atoms. The molecule has 2 aliphatic heterocycles. The fourth-order valence-electron chi connectivity index (χ4n) is 5.98. The van der Waals surface area contributed by atoms with E-state index in [2.05, 4.69) is 11.6 Å². The van der Waals surface area contributed by atoms with Gasteiger partial charge in [0.25, 0.3) is 0 Å². The number of aryl methyl sites for hydroxylation is 1. The van der Waals surface area contributed by atoms with E-state index < -0.39 is 17.3 Å². The number of hydrogen-bond donors (Lipinski definition) is 0. The van der Waals surface area contributed by atoms with E-state index in [0.29, 0.717) is 53.8 Å². The number of carbonyl (C=O) groups excluding carboxylic acids is 1. The van der Waals surface area contributed by atoms with Crippen LogP contribution in [0.2, 0.25) is 5.02 Å². The van der Waals surface area contributed by atoms with E-state index in [0.717, 1.165) is 23.4 Å². The molecule has 3 atom stereocenters. The quantitative estimate of drug-likeness (QED) is 0.262. The van der Waals surface area contributed by atoms with E-state index in [4.69, 9.17) is 16.3 Å². The van der Waals surface area contributed by atoms with Crippen molar-refractivity contribution in [2.75, 3.05) is 30.3 Å². The number of piperazine rings is 1. The van der Waals surface area contributed by atoms with Crippen LogP contribution in [-0.4, -0.2) is 64.0 Å². The number of rotatable bonds is 6. The number of hydrogen-bond acceptors (Lipinski definition) is 6. The highest BCUT2D eigenvalue weighted by molar-refractivity contribution is 7.99. The summed E-state index contributed by atoms with van der Waals surface area (Å²) in [6.45, 7) is 13.2. The van der Waals surface area contributed by atoms with Gasteiger partial charge < -0.3 is 14.5 Å². The summed E-state index contributed by atoms with van der Waals surface area (Å²) in [7, 11) is 0. The van der Waals surface area contributed by atoms with E-state index in [9.17, 15) is 14.0 Å². The minimum atomic E-state index is -0.835. The highest BCUT2D eigenvalue weighted by Crippen LogP contribution is 2.45. The van der Waals surface area contributed by atoms with Gasteiger partial charge >= 0.3 is 5.69 Å². The van der Waals surface area contributed by atoms with E-state index in [1.807, 2.05) is 38.7 Å². The van der Waals surface area contributed by atoms with Crippen LogP contribution in [0, 0.1) is 18.6 Å². The highest BCUT2D eigenvalue weighted by atomic mass is 35.5. The predicted molar refractivity (Wildman–Crippen MR) is 160 cm³/mol. The van der Waals surface area contributed by atoms with Crippen molar-refractivity contribution in [1.82, 2.24) is 14.5 Å². The number of aromatic nitrogens is 2. The molecule has 0 N–H and O–H groups in total. The SMILES string of the molecule is C=CC(=O)N1[C@H](C)CN(c2nc(=O)n3c4c(c(-c5cc(Cl)c(F)cc5F)c(C)cc24)SCC(OCCC)C3)C[C@@H]1C. The lowest BCUT2D eigenvalue weighted by Crippen LogP contribution is -2.58. The zero-order valence-corrected chi connectivity index (χ0v) is 25.1. The van der Waals surface area contributed by atoms with Crippen LogP contribution < -0.4 is 10.6 Å². The first-order valence-corrected chi connectivity index (χ1v) is 15.1. The number of halogens is 3. The molecule has 0 radical (unpaired) electrons. The third kappa shape index (κ3) is 5.37. The van der Waals surface area contributed by atoms with E-state index in [1.54, 1.807) is 9.47 Å². The molecule has 2 aliphatic rings. The van der Waals surface area contributed by atoms with Crippen molar-refractivity contribution in [1.29, 1.82) is 0 Å². The van der Waals surface area contributed by atoms with Crippen LogP contribution in [0.5, 0.6) is 0 Å². The van der Waals surface area contributed by atoms with Gasteiger partial charge in [0, 0.05) is 65.0 Å². The molecule has 41 heavy (non-hydrogen) atoms. The summed E-state index contributed by atoms with van der Waals surface area (Å²) in [4.78, 5) is 35.3. The van der Waals surface area contributed by atoms with Crippen LogP contribution in [0.25, 0.3) is 22.0 Å². The standard InChI is InChI=1S/C30H33ClF2N4O3S/c1-6-8-40-19-14-36-27-21(29(34-30(36)39)35-12-17(4)37(18(5)13-35)25(38)7-2)9-16(3)26(28(27)41-15-19)20-10-22(31)24(33)11-23(20)32/h7,9-11,17-19H,2,6,8,12-15H2,1,3-5H3/t17-,18+,19?. The van der Waals surface area contributed by atoms with Crippen molar-refractivity contribution < 1.29 is 18.3 Å². The Labute approximate surface area is 247 Å². The number of benzene rings is 2. The largest absolute Gasteiger partial charge is 0.375 e. The number of thioether (sulfide) groups is 1. The molecule has 5 rings (SSSR count). The second-order valence-corrected chi connectivity index (χ2v) is 12.2. The maximum Gasteiger partial charge on any atom is 0.350 e. The van der Waals surface area contributed by atoms with Gasteiger partial charge in [0.05, 0.1) is 23.2 Å². The van der Waals surface area contributed by atoms with Gasteiger partial charge in [-0.25, -0.2) is 13.6 Å². The molecule has 1 saturated heterocycles. The second kappa shape index (κ2) is 11.7. The highest BCUT2D eigenvalue weighted by Gasteiger charge is 2.35. The van der Waals surface area contributed by atoms with Crippen molar-refractivity contribution >= 4 is 46.0 Å². The van der Waals surface area contributed by atoms with Gasteiger partial charge in [0.15, 0.2) is 0 Å². The minimum absolute atomic E-state index is 0.138. The van der Waals surface area contributed by atoms with Gasteiger partial charge in [-0.05, 0) is 51.0 Å². The Morgan fingerprint density at radius 2 is 1.90 bits per heavy atom. The normalized spacial score (nSPS) is 20.8. The third-order valence-electron chi connectivity index (χ3n) is 7.68. The Balaban J connectivity index is 1.74. The lowest BCUT2D eigenvalue weighted by Gasteiger charge is -2.44. The Morgan fingerprint density at radius 3 is 2.56 bits per heavy atom. The first-order chi connectivity index (χ1) is 19.5. The number of nitrogens with zero attached hydrogens (tertiary/aromatic N) is 4. The molecule has 0 saturated carbocycles. The summed E-state index contributed by atoms with van der Waals surface area (Å²) >= 11 is 7.60. The van der Waals surface area contributed by atoms with Gasteiger partial charge in [-0.2, -0.15) is 4.98 Å². The van der Waals surface area contributed by atoms with Crippen molar-refractivity contribution in [3.05, 3.63) is 63.6 Å². The van der Waals surface area contributed by atoms with Crippen LogP contribution in [0.1, 0.15) is 32.8 Å². The Bertz CT molecular complexity index is 1580. The molecule has 2 aromatic carbocycles. The van der Waals surface area contributed by atoms with Crippen LogP contribution in [0.15, 0.2) is 40.5 Å². The number of amides is 1. The third-order valence-corrected chi connectivity index (χ3v) is 9.19. The molecule has 1 fully saturated rings. The van der Waals surface area contributed by atoms with Crippen LogP contribution >= 0.6 is 23.4 Å². The summed E-state index contributed by atoms with van der Waals surface area (Å²) in [6, 6.07) is 3.72.